The Balaban J connectivity index is 2.83. The average molecular weight is 289 g/mol. The average Bonchev–Trinajstić information content (AvgIpc) is 2.28. The van der Waals surface area contributed by atoms with E-state index in [0.29, 0.717) is 5.75 Å². The van der Waals surface area contributed by atoms with Gasteiger partial charge in [-0.2, -0.15) is 0 Å². The molecule has 1 aromatic rings. The van der Waals surface area contributed by atoms with Gasteiger partial charge in [-0.1, -0.05) is 12.1 Å². The third-order valence-corrected chi connectivity index (χ3v) is 4.97. The zero-order valence-electron chi connectivity index (χ0n) is 10.2. The molecule has 0 spiro atoms. The van der Waals surface area contributed by atoms with E-state index in [1.807, 2.05) is 0 Å². The van der Waals surface area contributed by atoms with Crippen molar-refractivity contribution >= 4 is 27.8 Å². The quantitative estimate of drug-likeness (QED) is 0.853. The SMILES string of the molecule is CN(C)S(=O)(=O)c1cccc(CSCC(=O)O)c1. The van der Waals surface area contributed by atoms with Gasteiger partial charge in [0, 0.05) is 19.8 Å². The highest BCUT2D eigenvalue weighted by Crippen LogP contribution is 2.18. The minimum Gasteiger partial charge on any atom is -0.481 e. The predicted molar refractivity (Wildman–Crippen MR) is 71.1 cm³/mol. The number of rotatable bonds is 6. The first kappa shape index (κ1) is 15.0. The highest BCUT2D eigenvalue weighted by molar-refractivity contribution is 7.99. The van der Waals surface area contributed by atoms with Gasteiger partial charge in [-0.15, -0.1) is 11.8 Å². The lowest BCUT2D eigenvalue weighted by Crippen LogP contribution is -2.22. The van der Waals surface area contributed by atoms with E-state index < -0.39 is 16.0 Å². The maximum Gasteiger partial charge on any atom is 0.313 e. The van der Waals surface area contributed by atoms with E-state index in [1.165, 1.54) is 31.9 Å². The number of nitrogens with zero attached hydrogens (tertiary/aromatic N) is 1. The van der Waals surface area contributed by atoms with Gasteiger partial charge in [0.15, 0.2) is 0 Å². The van der Waals surface area contributed by atoms with Crippen molar-refractivity contribution in [1.82, 2.24) is 4.31 Å². The Labute approximate surface area is 111 Å². The van der Waals surface area contributed by atoms with Crippen molar-refractivity contribution in [2.45, 2.75) is 10.6 Å². The molecule has 0 amide bonds. The molecular weight excluding hydrogens is 274 g/mol. The number of thioether (sulfide) groups is 1. The van der Waals surface area contributed by atoms with Crippen LogP contribution >= 0.6 is 11.8 Å². The van der Waals surface area contributed by atoms with Gasteiger partial charge >= 0.3 is 5.97 Å². The number of hydrogen-bond donors (Lipinski definition) is 1. The molecule has 18 heavy (non-hydrogen) atoms. The molecule has 7 heteroatoms. The molecule has 1 rings (SSSR count). The molecule has 0 fully saturated rings. The van der Waals surface area contributed by atoms with Gasteiger partial charge in [-0.05, 0) is 17.7 Å². The monoisotopic (exact) mass is 289 g/mol. The van der Waals surface area contributed by atoms with Crippen LogP contribution in [0, 0.1) is 0 Å². The number of aliphatic carboxylic acids is 1. The van der Waals surface area contributed by atoms with Gasteiger partial charge in [-0.3, -0.25) is 4.79 Å². The van der Waals surface area contributed by atoms with Gasteiger partial charge < -0.3 is 5.11 Å². The van der Waals surface area contributed by atoms with Crippen molar-refractivity contribution in [1.29, 1.82) is 0 Å². The Morgan fingerprint density at radius 1 is 1.39 bits per heavy atom. The number of carboxylic acids is 1. The lowest BCUT2D eigenvalue weighted by molar-refractivity contribution is -0.133. The molecule has 100 valence electrons. The van der Waals surface area contributed by atoms with Crippen molar-refractivity contribution in [2.24, 2.45) is 0 Å². The summed E-state index contributed by atoms with van der Waals surface area (Å²) in [6.45, 7) is 0. The maximum absolute atomic E-state index is 11.9. The first-order valence-electron chi connectivity index (χ1n) is 5.15. The van der Waals surface area contributed by atoms with Crippen LogP contribution in [-0.2, 0) is 20.6 Å². The third-order valence-electron chi connectivity index (χ3n) is 2.17. The van der Waals surface area contributed by atoms with Gasteiger partial charge in [0.1, 0.15) is 0 Å². The summed E-state index contributed by atoms with van der Waals surface area (Å²) in [7, 11) is -0.486. The summed E-state index contributed by atoms with van der Waals surface area (Å²) in [6, 6.07) is 6.54. The van der Waals surface area contributed by atoms with E-state index >= 15 is 0 Å². The second-order valence-corrected chi connectivity index (χ2v) is 6.96. The first-order valence-corrected chi connectivity index (χ1v) is 7.74. The summed E-state index contributed by atoms with van der Waals surface area (Å²) in [6.07, 6.45) is 0. The van der Waals surface area contributed by atoms with E-state index in [2.05, 4.69) is 0 Å². The number of hydrogen-bond acceptors (Lipinski definition) is 4. The van der Waals surface area contributed by atoms with Crippen molar-refractivity contribution < 1.29 is 18.3 Å². The highest BCUT2D eigenvalue weighted by Gasteiger charge is 2.17. The molecule has 0 aromatic heterocycles. The number of carboxylic acid groups (broad SMARTS) is 1. The van der Waals surface area contributed by atoms with Crippen LogP contribution in [0.2, 0.25) is 0 Å². The standard InChI is InChI=1S/C11H15NO4S2/c1-12(2)18(15,16)10-5-3-4-9(6-10)7-17-8-11(13)14/h3-6H,7-8H2,1-2H3,(H,13,14). The van der Waals surface area contributed by atoms with Crippen LogP contribution < -0.4 is 0 Å². The molecule has 1 aromatic carbocycles. The summed E-state index contributed by atoms with van der Waals surface area (Å²) in [5.41, 5.74) is 0.796. The van der Waals surface area contributed by atoms with E-state index in [9.17, 15) is 13.2 Å². The van der Waals surface area contributed by atoms with E-state index in [1.54, 1.807) is 18.2 Å². The highest BCUT2D eigenvalue weighted by atomic mass is 32.2. The molecule has 0 saturated carbocycles. The van der Waals surface area contributed by atoms with E-state index in [-0.39, 0.29) is 10.6 Å². The Bertz CT molecular complexity index is 526. The van der Waals surface area contributed by atoms with Gasteiger partial charge in [0.2, 0.25) is 10.0 Å². The molecule has 0 saturated heterocycles. The summed E-state index contributed by atoms with van der Waals surface area (Å²) in [4.78, 5) is 10.6. The molecule has 5 nitrogen and oxygen atoms in total. The number of carbonyl (C=O) groups is 1. The van der Waals surface area contributed by atoms with Crippen LogP contribution in [0.5, 0.6) is 0 Å². The van der Waals surface area contributed by atoms with Crippen LogP contribution in [-0.4, -0.2) is 43.6 Å². The molecule has 0 bridgehead atoms. The summed E-state index contributed by atoms with van der Waals surface area (Å²) >= 11 is 1.23. The molecule has 0 aliphatic rings. The maximum atomic E-state index is 11.9. The smallest absolute Gasteiger partial charge is 0.313 e. The molecule has 0 atom stereocenters. The first-order chi connectivity index (χ1) is 8.34. The van der Waals surface area contributed by atoms with E-state index in [0.717, 1.165) is 9.87 Å². The van der Waals surface area contributed by atoms with Crippen molar-refractivity contribution in [2.75, 3.05) is 19.8 Å². The van der Waals surface area contributed by atoms with Gasteiger partial charge in [-0.25, -0.2) is 12.7 Å². The normalized spacial score (nSPS) is 11.7. The van der Waals surface area contributed by atoms with Crippen molar-refractivity contribution in [3.05, 3.63) is 29.8 Å². The Morgan fingerprint density at radius 3 is 2.61 bits per heavy atom. The fourth-order valence-corrected chi connectivity index (χ4v) is 2.93. The largest absolute Gasteiger partial charge is 0.481 e. The number of benzene rings is 1. The molecule has 0 aliphatic heterocycles. The lowest BCUT2D eigenvalue weighted by atomic mass is 10.2. The lowest BCUT2D eigenvalue weighted by Gasteiger charge is -2.12. The molecule has 0 heterocycles. The molecule has 1 N–H and O–H groups in total. The van der Waals surface area contributed by atoms with Crippen molar-refractivity contribution in [3.63, 3.8) is 0 Å². The molecule has 0 unspecified atom stereocenters. The Kier molecular flexibility index (Phi) is 5.18. The van der Waals surface area contributed by atoms with Crippen LogP contribution in [0.4, 0.5) is 0 Å². The zero-order chi connectivity index (χ0) is 13.8. The minimum atomic E-state index is -3.43. The topological polar surface area (TPSA) is 74.7 Å². The number of sulfonamides is 1. The van der Waals surface area contributed by atoms with Crippen molar-refractivity contribution in [3.8, 4) is 0 Å². The Morgan fingerprint density at radius 2 is 2.06 bits per heavy atom. The zero-order valence-corrected chi connectivity index (χ0v) is 11.8. The summed E-state index contributed by atoms with van der Waals surface area (Å²) in [5, 5.41) is 8.52. The van der Waals surface area contributed by atoms with Gasteiger partial charge in [0.05, 0.1) is 10.6 Å². The molecule has 0 aliphatic carbocycles. The fourth-order valence-electron chi connectivity index (χ4n) is 1.26. The van der Waals surface area contributed by atoms with Crippen LogP contribution in [0.3, 0.4) is 0 Å². The molecule has 0 radical (unpaired) electrons. The van der Waals surface area contributed by atoms with Crippen LogP contribution in [0.1, 0.15) is 5.56 Å². The van der Waals surface area contributed by atoms with Crippen LogP contribution in [0.15, 0.2) is 29.2 Å². The molecular formula is C11H15NO4S2. The van der Waals surface area contributed by atoms with Crippen LogP contribution in [0.25, 0.3) is 0 Å². The summed E-state index contributed by atoms with van der Waals surface area (Å²) < 4.78 is 24.9. The second kappa shape index (κ2) is 6.21. The third kappa shape index (κ3) is 4.01. The Hall–Kier alpha value is -1.05. The predicted octanol–water partition coefficient (Wildman–Crippen LogP) is 1.25. The minimum absolute atomic E-state index is 0.00462. The van der Waals surface area contributed by atoms with E-state index in [4.69, 9.17) is 5.11 Å². The second-order valence-electron chi connectivity index (χ2n) is 3.82. The van der Waals surface area contributed by atoms with Gasteiger partial charge in [0.25, 0.3) is 0 Å². The fraction of sp³-hybridized carbons (Fsp3) is 0.364. The summed E-state index contributed by atoms with van der Waals surface area (Å²) in [5.74, 6) is -0.398.